The third-order valence-electron chi connectivity index (χ3n) is 6.07. The maximum atomic E-state index is 12.8. The average Bonchev–Trinajstić information content (AvgIpc) is 3.28. The monoisotopic (exact) mass is 425 g/mol. The van der Waals surface area contributed by atoms with Crippen LogP contribution >= 0.6 is 0 Å². The minimum atomic E-state index is -1.03. The molecule has 9 nitrogen and oxygen atoms in total. The second kappa shape index (κ2) is 8.41. The molecule has 0 spiro atoms. The zero-order valence-electron chi connectivity index (χ0n) is 18.0. The number of hydrogen-bond acceptors (Lipinski definition) is 7. The van der Waals surface area contributed by atoms with Gasteiger partial charge >= 0.3 is 5.97 Å². The average molecular weight is 425 g/mol. The summed E-state index contributed by atoms with van der Waals surface area (Å²) in [5.41, 5.74) is 1.39. The lowest BCUT2D eigenvalue weighted by atomic mass is 10.1. The number of amides is 1. The van der Waals surface area contributed by atoms with Gasteiger partial charge in [-0.2, -0.15) is 4.98 Å². The Morgan fingerprint density at radius 3 is 2.71 bits per heavy atom. The summed E-state index contributed by atoms with van der Waals surface area (Å²) in [6.07, 6.45) is 6.19. The third kappa shape index (κ3) is 3.99. The van der Waals surface area contributed by atoms with Gasteiger partial charge in [-0.3, -0.25) is 4.79 Å². The van der Waals surface area contributed by atoms with Crippen LogP contribution < -0.4 is 19.9 Å². The molecule has 1 aromatic heterocycles. The van der Waals surface area contributed by atoms with Crippen molar-refractivity contribution in [3.63, 3.8) is 0 Å². The van der Waals surface area contributed by atoms with Crippen LogP contribution in [-0.2, 0) is 4.79 Å². The number of carbonyl (C=O) groups excluding carboxylic acids is 1. The molecule has 1 aromatic carbocycles. The van der Waals surface area contributed by atoms with E-state index < -0.39 is 5.97 Å². The van der Waals surface area contributed by atoms with Gasteiger partial charge in [-0.15, -0.1) is 0 Å². The van der Waals surface area contributed by atoms with Gasteiger partial charge in [0.1, 0.15) is 11.4 Å². The van der Waals surface area contributed by atoms with E-state index in [0.717, 1.165) is 18.7 Å². The first kappa shape index (κ1) is 20.9. The van der Waals surface area contributed by atoms with Gasteiger partial charge in [0.05, 0.1) is 30.5 Å². The van der Waals surface area contributed by atoms with Crippen LogP contribution in [0, 0.1) is 5.92 Å². The number of fused-ring (bicyclic) bond motifs is 1. The van der Waals surface area contributed by atoms with Crippen LogP contribution in [0.1, 0.15) is 43.0 Å². The van der Waals surface area contributed by atoms with Crippen LogP contribution in [-0.4, -0.2) is 53.7 Å². The highest BCUT2D eigenvalue weighted by molar-refractivity contribution is 5.98. The number of nitrogens with one attached hydrogen (secondary N) is 1. The number of aromatic nitrogens is 2. The van der Waals surface area contributed by atoms with Crippen LogP contribution in [0.5, 0.6) is 5.75 Å². The Kier molecular flexibility index (Phi) is 5.67. The molecular weight excluding hydrogens is 398 g/mol. The van der Waals surface area contributed by atoms with Crippen molar-refractivity contribution in [1.29, 1.82) is 0 Å². The number of rotatable bonds is 5. The summed E-state index contributed by atoms with van der Waals surface area (Å²) in [6.45, 7) is 2.57. The number of methoxy groups -OCH3 is 1. The number of carbonyl (C=O) groups is 2. The molecule has 1 aliphatic carbocycles. The minimum Gasteiger partial charge on any atom is -0.495 e. The van der Waals surface area contributed by atoms with E-state index in [1.54, 1.807) is 24.2 Å². The van der Waals surface area contributed by atoms with Crippen molar-refractivity contribution < 1.29 is 19.4 Å². The molecule has 0 saturated heterocycles. The Hall–Kier alpha value is -3.36. The van der Waals surface area contributed by atoms with E-state index in [-0.39, 0.29) is 17.4 Å². The standard InChI is InChI=1S/C22H27N5O4/c1-13-12-27(15-6-4-5-7-15)19-17(26(2)20(13)28)11-23-22(25-19)24-16-9-8-14(21(29)30)10-18(16)31-3/h8-11,13,15H,4-7,12H2,1-3H3,(H,29,30)(H,23,24,25)/t13-/m0/s1. The fourth-order valence-electron chi connectivity index (χ4n) is 4.37. The van der Waals surface area contributed by atoms with Crippen molar-refractivity contribution in [3.8, 4) is 5.75 Å². The molecule has 2 aliphatic rings. The smallest absolute Gasteiger partial charge is 0.335 e. The number of aromatic carboxylic acids is 1. The Balaban J connectivity index is 1.71. The maximum Gasteiger partial charge on any atom is 0.335 e. The van der Waals surface area contributed by atoms with Crippen LogP contribution in [0.3, 0.4) is 0 Å². The highest BCUT2D eigenvalue weighted by atomic mass is 16.5. The fraction of sp³-hybridized carbons (Fsp3) is 0.455. The van der Waals surface area contributed by atoms with E-state index in [2.05, 4.69) is 15.2 Å². The fourth-order valence-corrected chi connectivity index (χ4v) is 4.37. The number of nitrogens with zero attached hydrogens (tertiary/aromatic N) is 4. The second-order valence-corrected chi connectivity index (χ2v) is 8.14. The predicted octanol–water partition coefficient (Wildman–Crippen LogP) is 3.29. The quantitative estimate of drug-likeness (QED) is 0.751. The Morgan fingerprint density at radius 2 is 2.03 bits per heavy atom. The minimum absolute atomic E-state index is 0.0528. The lowest BCUT2D eigenvalue weighted by Crippen LogP contribution is -2.38. The highest BCUT2D eigenvalue weighted by Crippen LogP contribution is 2.37. The van der Waals surface area contributed by atoms with Gasteiger partial charge in [0.15, 0.2) is 5.82 Å². The van der Waals surface area contributed by atoms with Crippen LogP contribution in [0.4, 0.5) is 23.1 Å². The number of anilines is 4. The van der Waals surface area contributed by atoms with Crippen LogP contribution in [0.25, 0.3) is 0 Å². The summed E-state index contributed by atoms with van der Waals surface area (Å²) in [7, 11) is 3.24. The van der Waals surface area contributed by atoms with Crippen molar-refractivity contribution in [2.45, 2.75) is 38.6 Å². The lowest BCUT2D eigenvalue weighted by Gasteiger charge is -2.31. The van der Waals surface area contributed by atoms with Crippen molar-refractivity contribution in [2.24, 2.45) is 5.92 Å². The van der Waals surface area contributed by atoms with Crippen molar-refractivity contribution in [1.82, 2.24) is 9.97 Å². The maximum absolute atomic E-state index is 12.8. The van der Waals surface area contributed by atoms with Crippen molar-refractivity contribution >= 4 is 35.0 Å². The third-order valence-corrected chi connectivity index (χ3v) is 6.07. The number of benzene rings is 1. The molecule has 2 aromatic rings. The largest absolute Gasteiger partial charge is 0.495 e. The Morgan fingerprint density at radius 1 is 1.29 bits per heavy atom. The molecule has 0 radical (unpaired) electrons. The van der Waals surface area contributed by atoms with Crippen molar-refractivity contribution in [2.75, 3.05) is 35.8 Å². The zero-order chi connectivity index (χ0) is 22.1. The van der Waals surface area contributed by atoms with Gasteiger partial charge in [-0.25, -0.2) is 9.78 Å². The van der Waals surface area contributed by atoms with Crippen LogP contribution in [0.2, 0.25) is 0 Å². The van der Waals surface area contributed by atoms with E-state index in [1.165, 1.54) is 32.1 Å². The topological polar surface area (TPSA) is 108 Å². The Bertz CT molecular complexity index is 1010. The predicted molar refractivity (Wildman–Crippen MR) is 117 cm³/mol. The molecule has 1 aliphatic heterocycles. The van der Waals surface area contributed by atoms with E-state index in [1.807, 2.05) is 6.92 Å². The molecule has 9 heteroatoms. The zero-order valence-corrected chi connectivity index (χ0v) is 18.0. The van der Waals surface area contributed by atoms with Gasteiger partial charge < -0.3 is 25.0 Å². The van der Waals surface area contributed by atoms with Crippen LogP contribution in [0.15, 0.2) is 24.4 Å². The van der Waals surface area contributed by atoms with Crippen molar-refractivity contribution in [3.05, 3.63) is 30.0 Å². The summed E-state index contributed by atoms with van der Waals surface area (Å²) < 4.78 is 5.34. The van der Waals surface area contributed by atoms with Gasteiger partial charge in [0.2, 0.25) is 11.9 Å². The van der Waals surface area contributed by atoms with Gasteiger partial charge in [0.25, 0.3) is 0 Å². The molecule has 1 amide bonds. The molecule has 164 valence electrons. The Labute approximate surface area is 181 Å². The second-order valence-electron chi connectivity index (χ2n) is 8.14. The first-order valence-corrected chi connectivity index (χ1v) is 10.5. The van der Waals surface area contributed by atoms with Gasteiger partial charge in [0, 0.05) is 19.6 Å². The molecule has 4 rings (SSSR count). The first-order valence-electron chi connectivity index (χ1n) is 10.5. The molecule has 0 unspecified atom stereocenters. The van der Waals surface area contributed by atoms with E-state index in [9.17, 15) is 14.7 Å². The molecule has 1 saturated carbocycles. The summed E-state index contributed by atoms with van der Waals surface area (Å²) in [5, 5.41) is 12.3. The molecular formula is C22H27N5O4. The molecule has 1 fully saturated rings. The van der Waals surface area contributed by atoms with Gasteiger partial charge in [-0.05, 0) is 31.0 Å². The summed E-state index contributed by atoms with van der Waals surface area (Å²) >= 11 is 0. The molecule has 1 atom stereocenters. The molecule has 31 heavy (non-hydrogen) atoms. The number of hydrogen-bond donors (Lipinski definition) is 2. The van der Waals surface area contributed by atoms with E-state index in [4.69, 9.17) is 9.72 Å². The molecule has 2 heterocycles. The lowest BCUT2D eigenvalue weighted by molar-refractivity contribution is -0.121. The molecule has 2 N–H and O–H groups in total. The first-order chi connectivity index (χ1) is 14.9. The van der Waals surface area contributed by atoms with E-state index in [0.29, 0.717) is 35.7 Å². The number of carboxylic acids is 1. The SMILES string of the molecule is COc1cc(C(=O)O)ccc1Nc1ncc2c(n1)N(C1CCCC1)C[C@H](C)C(=O)N2C. The number of ether oxygens (including phenoxy) is 1. The summed E-state index contributed by atoms with van der Waals surface area (Å²) in [4.78, 5) is 37.1. The summed E-state index contributed by atoms with van der Waals surface area (Å²) in [5.74, 6) is 0.369. The molecule has 0 bridgehead atoms. The highest BCUT2D eigenvalue weighted by Gasteiger charge is 2.35. The number of carboxylic acid groups (broad SMARTS) is 1. The van der Waals surface area contributed by atoms with Gasteiger partial charge in [-0.1, -0.05) is 19.8 Å². The summed E-state index contributed by atoms with van der Waals surface area (Å²) in [6, 6.07) is 4.93. The normalized spacial score (nSPS) is 19.2. The van der Waals surface area contributed by atoms with E-state index >= 15 is 0 Å².